The Morgan fingerprint density at radius 2 is 1.09 bits per heavy atom. The molecule has 0 saturated carbocycles. The highest BCUT2D eigenvalue weighted by molar-refractivity contribution is 7.21. The second-order valence-corrected chi connectivity index (χ2v) is 18.2. The van der Waals surface area contributed by atoms with Crippen LogP contribution < -0.4 is 21.7 Å². The van der Waals surface area contributed by atoms with Gasteiger partial charge in [0, 0.05) is 11.9 Å². The molecule has 6 N–H and O–H groups in total. The molecule has 20 nitrogen and oxygen atoms in total. The molecule has 5 aromatic heterocycles. The number of ether oxygens (including phenoxy) is 4. The van der Waals surface area contributed by atoms with E-state index in [9.17, 15) is 33.6 Å². The number of amides is 3. The molecule has 0 bridgehead atoms. The largest absolute Gasteiger partial charge is 0.456 e. The molecule has 7 aromatic rings. The topological polar surface area (TPSA) is 270 Å². The number of aromatic amines is 1. The summed E-state index contributed by atoms with van der Waals surface area (Å²) < 4.78 is 22.9. The van der Waals surface area contributed by atoms with Crippen molar-refractivity contribution in [2.75, 3.05) is 34.9 Å². The monoisotopic (exact) mass is 953 g/mol. The van der Waals surface area contributed by atoms with Crippen molar-refractivity contribution >= 4 is 108 Å². The van der Waals surface area contributed by atoms with E-state index < -0.39 is 53.0 Å². The number of benzene rings is 2. The number of H-pyrrole nitrogens is 1. The third-order valence-electron chi connectivity index (χ3n) is 8.73. The number of nitrogens with one attached hydrogen (secondary N) is 4. The van der Waals surface area contributed by atoms with Crippen molar-refractivity contribution in [1.29, 1.82) is 0 Å². The molecular formula is C45H47N9O11S2. The van der Waals surface area contributed by atoms with Crippen LogP contribution in [0.2, 0.25) is 0 Å². The van der Waals surface area contributed by atoms with Gasteiger partial charge >= 0.3 is 24.1 Å². The molecular weight excluding hydrogens is 907 g/mol. The highest BCUT2D eigenvalue weighted by Crippen LogP contribution is 2.35. The molecule has 22 heteroatoms. The second-order valence-electron chi connectivity index (χ2n) is 16.2. The van der Waals surface area contributed by atoms with E-state index in [1.807, 2.05) is 0 Å². The van der Waals surface area contributed by atoms with E-state index in [1.54, 1.807) is 122 Å². The molecule has 7 rings (SSSR count). The standard InChI is InChI=1S/C25H25N5O6S.C20H22N4O5S/c1-5-35-24(34)30-22-15(13-18(37-22)23(33)36-25(2,3)4)19(29-30)28-20(31)14-9-6-7-10-16(14)27-21(32)17-11-8-12-26-17;1-5-28-19(27)24-17-12(10-14(30-17)18(26)29-20(2,3)4)15(23-24)22-16(25)11-8-6-7-9-13(11)21/h6-13,26H,5H2,1-4H3,(H,27,32)(H,28,29,31);6-10H,5,21H2,1-4H3,(H,22,23,25). The summed E-state index contributed by atoms with van der Waals surface area (Å²) in [7, 11) is 0. The fourth-order valence-corrected chi connectivity index (χ4v) is 7.93. The molecule has 67 heavy (non-hydrogen) atoms. The smallest absolute Gasteiger partial charge is 0.436 e. The summed E-state index contributed by atoms with van der Waals surface area (Å²) in [6.07, 6.45) is 0.134. The van der Waals surface area contributed by atoms with Crippen molar-refractivity contribution < 1.29 is 52.5 Å². The van der Waals surface area contributed by atoms with Crippen LogP contribution in [-0.4, -0.2) is 90.8 Å². The lowest BCUT2D eigenvalue weighted by Crippen LogP contribution is -2.23. The summed E-state index contributed by atoms with van der Waals surface area (Å²) in [5.41, 5.74) is 5.81. The van der Waals surface area contributed by atoms with Gasteiger partial charge in [-0.25, -0.2) is 19.2 Å². The summed E-state index contributed by atoms with van der Waals surface area (Å²) in [5, 5.41) is 17.2. The Bertz CT molecular complexity index is 3000. The Labute approximate surface area is 390 Å². The molecule has 0 unspecified atom stereocenters. The molecule has 2 aromatic carbocycles. The molecule has 350 valence electrons. The van der Waals surface area contributed by atoms with Gasteiger partial charge in [-0.15, -0.1) is 32.9 Å². The van der Waals surface area contributed by atoms with E-state index in [2.05, 4.69) is 31.1 Å². The van der Waals surface area contributed by atoms with E-state index in [1.165, 1.54) is 12.1 Å². The highest BCUT2D eigenvalue weighted by atomic mass is 32.1. The molecule has 0 aliphatic rings. The average Bonchev–Trinajstić information content (AvgIpc) is 4.10. The van der Waals surface area contributed by atoms with E-state index >= 15 is 0 Å². The molecule has 5 heterocycles. The minimum atomic E-state index is -0.760. The van der Waals surface area contributed by atoms with Crippen molar-refractivity contribution in [2.24, 2.45) is 0 Å². The predicted molar refractivity (Wildman–Crippen MR) is 252 cm³/mol. The van der Waals surface area contributed by atoms with E-state index in [4.69, 9.17) is 24.7 Å². The highest BCUT2D eigenvalue weighted by Gasteiger charge is 2.28. The summed E-state index contributed by atoms with van der Waals surface area (Å²) in [6, 6.07) is 19.4. The zero-order valence-corrected chi connectivity index (χ0v) is 39.2. The minimum absolute atomic E-state index is 0.0459. The Morgan fingerprint density at radius 3 is 1.54 bits per heavy atom. The van der Waals surface area contributed by atoms with Gasteiger partial charge in [-0.1, -0.05) is 24.3 Å². The molecule has 0 saturated heterocycles. The lowest BCUT2D eigenvalue weighted by Gasteiger charge is -2.18. The average molecular weight is 954 g/mol. The van der Waals surface area contributed by atoms with Crippen molar-refractivity contribution in [3.8, 4) is 0 Å². The molecule has 0 atom stereocenters. The van der Waals surface area contributed by atoms with Gasteiger partial charge in [-0.3, -0.25) is 14.4 Å². The van der Waals surface area contributed by atoms with Crippen LogP contribution >= 0.6 is 22.7 Å². The lowest BCUT2D eigenvalue weighted by molar-refractivity contribution is 0.00627. The van der Waals surface area contributed by atoms with Gasteiger partial charge < -0.3 is 45.6 Å². The Hall–Kier alpha value is -7.85. The van der Waals surface area contributed by atoms with Crippen molar-refractivity contribution in [3.63, 3.8) is 0 Å². The third kappa shape index (κ3) is 11.7. The Morgan fingerprint density at radius 1 is 0.627 bits per heavy atom. The predicted octanol–water partition coefficient (Wildman–Crippen LogP) is 8.78. The Balaban J connectivity index is 0.000000226. The van der Waals surface area contributed by atoms with Crippen LogP contribution in [0, 0.1) is 0 Å². The number of esters is 2. The van der Waals surface area contributed by atoms with Crippen LogP contribution in [0.3, 0.4) is 0 Å². The van der Waals surface area contributed by atoms with Crippen molar-refractivity contribution in [3.05, 3.63) is 106 Å². The van der Waals surface area contributed by atoms with Crippen LogP contribution in [0.4, 0.5) is 32.6 Å². The first kappa shape index (κ1) is 48.6. The number of carbonyl (C=O) groups is 7. The number of nitrogens with two attached hydrogens (primary N) is 1. The summed E-state index contributed by atoms with van der Waals surface area (Å²) in [6.45, 7) is 14.1. The maximum Gasteiger partial charge on any atom is 0.436 e. The number of anilines is 4. The fourth-order valence-electron chi connectivity index (χ4n) is 5.98. The number of hydrogen-bond acceptors (Lipinski definition) is 16. The van der Waals surface area contributed by atoms with Crippen LogP contribution in [-0.2, 0) is 18.9 Å². The Kier molecular flexibility index (Phi) is 14.6. The number of thiophene rings is 2. The van der Waals surface area contributed by atoms with Gasteiger partial charge in [0.1, 0.15) is 36.3 Å². The van der Waals surface area contributed by atoms with Gasteiger partial charge in [-0.2, -0.15) is 9.36 Å². The van der Waals surface area contributed by atoms with Gasteiger partial charge in [-0.05, 0) is 104 Å². The molecule has 0 aliphatic carbocycles. The van der Waals surface area contributed by atoms with E-state index in [0.717, 1.165) is 32.0 Å². The number of nitrogens with zero attached hydrogens (tertiary/aromatic N) is 4. The van der Waals surface area contributed by atoms with Gasteiger partial charge in [0.15, 0.2) is 11.6 Å². The van der Waals surface area contributed by atoms with Gasteiger partial charge in [0.05, 0.1) is 40.8 Å². The second kappa shape index (κ2) is 20.1. The van der Waals surface area contributed by atoms with Crippen molar-refractivity contribution in [1.82, 2.24) is 24.5 Å². The van der Waals surface area contributed by atoms with Gasteiger partial charge in [0.2, 0.25) is 0 Å². The maximum atomic E-state index is 13.3. The lowest BCUT2D eigenvalue weighted by atomic mass is 10.1. The number of nitrogen functional groups attached to an aromatic ring is 1. The fraction of sp³-hybridized carbons (Fsp3) is 0.267. The molecule has 0 aliphatic heterocycles. The summed E-state index contributed by atoms with van der Waals surface area (Å²) >= 11 is 2.02. The summed E-state index contributed by atoms with van der Waals surface area (Å²) in [5.74, 6) is -2.44. The third-order valence-corrected chi connectivity index (χ3v) is 10.9. The normalized spacial score (nSPS) is 11.3. The molecule has 3 amide bonds. The van der Waals surface area contributed by atoms with Crippen molar-refractivity contribution in [2.45, 2.75) is 66.6 Å². The zero-order valence-electron chi connectivity index (χ0n) is 37.6. The van der Waals surface area contributed by atoms with Gasteiger partial charge in [0.25, 0.3) is 17.7 Å². The number of rotatable bonds is 10. The van der Waals surface area contributed by atoms with Crippen LogP contribution in [0.25, 0.3) is 20.4 Å². The van der Waals surface area contributed by atoms with Crippen LogP contribution in [0.1, 0.15) is 106 Å². The van der Waals surface area contributed by atoms with E-state index in [-0.39, 0.29) is 51.4 Å². The molecule has 0 fully saturated rings. The zero-order chi connectivity index (χ0) is 48.8. The van der Waals surface area contributed by atoms with E-state index in [0.29, 0.717) is 31.8 Å². The quantitative estimate of drug-likeness (QED) is 0.0487. The minimum Gasteiger partial charge on any atom is -0.456 e. The first-order chi connectivity index (χ1) is 31.7. The molecule has 0 spiro atoms. The number of fused-ring (bicyclic) bond motifs is 2. The SMILES string of the molecule is CCOC(=O)n1nc(NC(=O)c2ccccc2N)c2cc(C(=O)OC(C)(C)C)sc21.CCOC(=O)n1nc(NC(=O)c2ccccc2NC(=O)c2ccc[nH]2)c2cc(C(=O)OC(C)(C)C)sc21. The number of carbonyl (C=O) groups excluding carboxylic acids is 7. The number of hydrogen-bond donors (Lipinski definition) is 5. The maximum absolute atomic E-state index is 13.3. The number of aromatic nitrogens is 5. The summed E-state index contributed by atoms with van der Waals surface area (Å²) in [4.78, 5) is 92.4. The first-order valence-electron chi connectivity index (χ1n) is 20.5. The van der Waals surface area contributed by atoms with Crippen LogP contribution in [0.5, 0.6) is 0 Å². The first-order valence-corrected chi connectivity index (χ1v) is 22.2. The van der Waals surface area contributed by atoms with Crippen LogP contribution in [0.15, 0.2) is 79.0 Å². The molecule has 0 radical (unpaired) electrons. The number of para-hydroxylation sites is 2.